The van der Waals surface area contributed by atoms with Gasteiger partial charge in [-0.25, -0.2) is 9.59 Å². The first-order chi connectivity index (χ1) is 13.5. The molecule has 1 atom stereocenters. The summed E-state index contributed by atoms with van der Waals surface area (Å²) in [5.41, 5.74) is 6.66. The van der Waals surface area contributed by atoms with Crippen molar-refractivity contribution in [2.75, 3.05) is 5.73 Å². The largest absolute Gasteiger partial charge is 0.461 e. The number of nitrogen functional groups attached to an aromatic ring is 1. The molecule has 1 aromatic rings. The van der Waals surface area contributed by atoms with Crippen LogP contribution in [-0.4, -0.2) is 34.7 Å². The normalized spacial score (nSPS) is 15.9. The van der Waals surface area contributed by atoms with Crippen molar-refractivity contribution in [1.82, 2.24) is 4.90 Å². The summed E-state index contributed by atoms with van der Waals surface area (Å²) < 4.78 is 11.4. The molecule has 6 heteroatoms. The monoisotopic (exact) mass is 404 g/mol. The first-order valence-corrected chi connectivity index (χ1v) is 10.6. The molecule has 0 radical (unpaired) electrons. The lowest BCUT2D eigenvalue weighted by Gasteiger charge is -2.33. The van der Waals surface area contributed by atoms with Crippen molar-refractivity contribution in [1.29, 1.82) is 0 Å². The molecule has 1 aliphatic carbocycles. The van der Waals surface area contributed by atoms with Crippen LogP contribution in [0.5, 0.6) is 0 Å². The van der Waals surface area contributed by atoms with Gasteiger partial charge in [0.05, 0.1) is 0 Å². The molecule has 0 heterocycles. The van der Waals surface area contributed by atoms with E-state index < -0.39 is 17.7 Å². The van der Waals surface area contributed by atoms with Gasteiger partial charge in [-0.2, -0.15) is 0 Å². The highest BCUT2D eigenvalue weighted by molar-refractivity contribution is 5.81. The molecule has 0 unspecified atom stereocenters. The number of ether oxygens (including phenoxy) is 2. The van der Waals surface area contributed by atoms with Crippen molar-refractivity contribution in [2.45, 2.75) is 91.0 Å². The first-order valence-electron chi connectivity index (χ1n) is 10.6. The Morgan fingerprint density at radius 2 is 1.72 bits per heavy atom. The van der Waals surface area contributed by atoms with E-state index in [9.17, 15) is 9.59 Å². The van der Waals surface area contributed by atoms with Crippen LogP contribution in [0.25, 0.3) is 0 Å². The van der Waals surface area contributed by atoms with E-state index in [0.29, 0.717) is 12.1 Å². The molecule has 29 heavy (non-hydrogen) atoms. The van der Waals surface area contributed by atoms with E-state index >= 15 is 0 Å². The molecule has 0 saturated heterocycles. The average Bonchev–Trinajstić information content (AvgIpc) is 3.10. The van der Waals surface area contributed by atoms with Gasteiger partial charge in [-0.1, -0.05) is 26.0 Å². The minimum atomic E-state index is -0.692. The average molecular weight is 405 g/mol. The van der Waals surface area contributed by atoms with Gasteiger partial charge in [0.25, 0.3) is 0 Å². The summed E-state index contributed by atoms with van der Waals surface area (Å²) in [6.45, 7) is 9.78. The van der Waals surface area contributed by atoms with Crippen LogP contribution in [0.2, 0.25) is 0 Å². The zero-order valence-electron chi connectivity index (χ0n) is 18.4. The van der Waals surface area contributed by atoms with E-state index in [4.69, 9.17) is 15.2 Å². The van der Waals surface area contributed by atoms with E-state index in [2.05, 4.69) is 0 Å². The van der Waals surface area contributed by atoms with Crippen LogP contribution in [0.4, 0.5) is 10.5 Å². The van der Waals surface area contributed by atoms with Crippen molar-refractivity contribution in [3.63, 3.8) is 0 Å². The summed E-state index contributed by atoms with van der Waals surface area (Å²) >= 11 is 0. The second kappa shape index (κ2) is 9.99. The number of rotatable bonds is 7. The minimum absolute atomic E-state index is 0.0471. The zero-order chi connectivity index (χ0) is 21.6. The molecule has 1 saturated carbocycles. The van der Waals surface area contributed by atoms with Gasteiger partial charge in [0, 0.05) is 12.2 Å². The molecule has 0 aromatic heterocycles. The van der Waals surface area contributed by atoms with Gasteiger partial charge in [-0.05, 0) is 76.5 Å². The molecule has 1 aromatic carbocycles. The molecule has 1 aliphatic rings. The molecule has 0 aliphatic heterocycles. The highest BCUT2D eigenvalue weighted by Crippen LogP contribution is 2.25. The fraction of sp³-hybridized carbons (Fsp3) is 0.652. The van der Waals surface area contributed by atoms with Crippen LogP contribution < -0.4 is 5.73 Å². The van der Waals surface area contributed by atoms with Crippen LogP contribution in [0.1, 0.15) is 72.3 Å². The third-order valence-electron chi connectivity index (χ3n) is 4.89. The number of benzene rings is 1. The molecule has 1 amide bonds. The zero-order valence-corrected chi connectivity index (χ0v) is 18.4. The number of esters is 1. The summed E-state index contributed by atoms with van der Waals surface area (Å²) in [4.78, 5) is 27.7. The van der Waals surface area contributed by atoms with Crippen LogP contribution in [0.3, 0.4) is 0 Å². The SMILES string of the molecule is CC(C)C[C@@H](C(=O)OC1CCCC1)N(Cc1ccc(N)cc1)C(=O)OC(C)(C)C. The summed E-state index contributed by atoms with van der Waals surface area (Å²) in [6, 6.07) is 6.61. The number of hydrogen-bond donors (Lipinski definition) is 1. The number of nitrogens with zero attached hydrogens (tertiary/aromatic N) is 1. The van der Waals surface area contributed by atoms with Gasteiger partial charge in [-0.3, -0.25) is 4.90 Å². The van der Waals surface area contributed by atoms with Gasteiger partial charge >= 0.3 is 12.1 Å². The number of carbonyl (C=O) groups is 2. The molecule has 0 spiro atoms. The second-order valence-electron chi connectivity index (χ2n) is 9.34. The molecule has 1 fully saturated rings. The molecule has 162 valence electrons. The Balaban J connectivity index is 2.28. The lowest BCUT2D eigenvalue weighted by molar-refractivity contribution is -0.156. The standard InChI is InChI=1S/C23H36N2O4/c1-16(2)14-20(21(26)28-19-8-6-7-9-19)25(22(27)29-23(3,4)5)15-17-10-12-18(24)13-11-17/h10-13,16,19-20H,6-9,14-15,24H2,1-5H3/t20-/m0/s1. The smallest absolute Gasteiger partial charge is 0.411 e. The lowest BCUT2D eigenvalue weighted by atomic mass is 10.0. The van der Waals surface area contributed by atoms with Gasteiger partial charge in [0.1, 0.15) is 17.7 Å². The third kappa shape index (κ3) is 7.59. The number of anilines is 1. The van der Waals surface area contributed by atoms with Crippen LogP contribution >= 0.6 is 0 Å². The summed E-state index contributed by atoms with van der Waals surface area (Å²) in [6.07, 6.45) is 3.90. The maximum Gasteiger partial charge on any atom is 0.411 e. The van der Waals surface area contributed by atoms with Crippen LogP contribution in [0.15, 0.2) is 24.3 Å². The fourth-order valence-corrected chi connectivity index (χ4v) is 3.49. The molecule has 6 nitrogen and oxygen atoms in total. The fourth-order valence-electron chi connectivity index (χ4n) is 3.49. The lowest BCUT2D eigenvalue weighted by Crippen LogP contribution is -2.48. The topological polar surface area (TPSA) is 81.9 Å². The van der Waals surface area contributed by atoms with Gasteiger partial charge in [0.15, 0.2) is 0 Å². The quantitative estimate of drug-likeness (QED) is 0.516. The highest BCUT2D eigenvalue weighted by atomic mass is 16.6. The third-order valence-corrected chi connectivity index (χ3v) is 4.89. The number of amides is 1. The number of hydrogen-bond acceptors (Lipinski definition) is 5. The maximum atomic E-state index is 13.1. The van der Waals surface area contributed by atoms with Crippen LogP contribution in [-0.2, 0) is 20.8 Å². The molecule has 2 N–H and O–H groups in total. The maximum absolute atomic E-state index is 13.1. The van der Waals surface area contributed by atoms with Gasteiger partial charge in [0.2, 0.25) is 0 Å². The number of carbonyl (C=O) groups excluding carboxylic acids is 2. The molecule has 0 bridgehead atoms. The Bertz CT molecular complexity index is 673. The van der Waals surface area contributed by atoms with E-state index in [1.807, 2.05) is 46.8 Å². The Labute approximate surface area is 174 Å². The summed E-state index contributed by atoms with van der Waals surface area (Å²) in [5.74, 6) is -0.126. The Hall–Kier alpha value is -2.24. The molecule has 2 rings (SSSR count). The highest BCUT2D eigenvalue weighted by Gasteiger charge is 2.36. The number of nitrogens with two attached hydrogens (primary N) is 1. The minimum Gasteiger partial charge on any atom is -0.461 e. The predicted octanol–water partition coefficient (Wildman–Crippen LogP) is 4.91. The van der Waals surface area contributed by atoms with Gasteiger partial charge in [-0.15, -0.1) is 0 Å². The van der Waals surface area contributed by atoms with Gasteiger partial charge < -0.3 is 15.2 Å². The van der Waals surface area contributed by atoms with Crippen molar-refractivity contribution in [3.8, 4) is 0 Å². The van der Waals surface area contributed by atoms with Crippen molar-refractivity contribution >= 4 is 17.7 Å². The van der Waals surface area contributed by atoms with E-state index in [0.717, 1.165) is 31.2 Å². The Morgan fingerprint density at radius 1 is 1.14 bits per heavy atom. The van der Waals surface area contributed by atoms with Crippen molar-refractivity contribution in [3.05, 3.63) is 29.8 Å². The van der Waals surface area contributed by atoms with Crippen LogP contribution in [0, 0.1) is 5.92 Å². The van der Waals surface area contributed by atoms with E-state index in [1.54, 1.807) is 12.1 Å². The summed E-state index contributed by atoms with van der Waals surface area (Å²) in [7, 11) is 0. The Morgan fingerprint density at radius 3 is 2.24 bits per heavy atom. The second-order valence-corrected chi connectivity index (χ2v) is 9.34. The van der Waals surface area contributed by atoms with Crippen molar-refractivity contribution < 1.29 is 19.1 Å². The predicted molar refractivity (Wildman–Crippen MR) is 114 cm³/mol. The molecular formula is C23H36N2O4. The molecular weight excluding hydrogens is 368 g/mol. The van der Waals surface area contributed by atoms with E-state index in [1.165, 1.54) is 4.90 Å². The Kier molecular flexibility index (Phi) is 7.94. The summed E-state index contributed by atoms with van der Waals surface area (Å²) in [5, 5.41) is 0. The first kappa shape index (κ1) is 23.0. The van der Waals surface area contributed by atoms with Crippen molar-refractivity contribution in [2.24, 2.45) is 5.92 Å². The van der Waals surface area contributed by atoms with E-state index in [-0.39, 0.29) is 24.5 Å².